The number of fused-ring (bicyclic) bond motifs is 1. The van der Waals surface area contributed by atoms with Crippen molar-refractivity contribution in [1.82, 2.24) is 9.55 Å². The Morgan fingerprint density at radius 1 is 1.06 bits per heavy atom. The van der Waals surface area contributed by atoms with Crippen LogP contribution in [0.2, 0.25) is 5.02 Å². The molecule has 5 nitrogen and oxygen atoms in total. The van der Waals surface area contributed by atoms with E-state index in [0.29, 0.717) is 27.6 Å². The highest BCUT2D eigenvalue weighted by Gasteiger charge is 2.14. The minimum absolute atomic E-state index is 0.137. The zero-order valence-corrected chi connectivity index (χ0v) is 19.1. The monoisotopic (exact) mass is 463 g/mol. The minimum Gasteiger partial charge on any atom is -0.325 e. The molecule has 0 aliphatic heterocycles. The second kappa shape index (κ2) is 10.0. The molecule has 0 aliphatic rings. The summed E-state index contributed by atoms with van der Waals surface area (Å²) in [5.74, 6) is -0.00845. The Morgan fingerprint density at radius 3 is 2.66 bits per heavy atom. The van der Waals surface area contributed by atoms with Crippen molar-refractivity contribution in [2.45, 2.75) is 25.0 Å². The average molecular weight is 464 g/mol. The maximum absolute atomic E-state index is 13.2. The van der Waals surface area contributed by atoms with Gasteiger partial charge in [-0.15, -0.1) is 0 Å². The molecular weight excluding hydrogens is 442 g/mol. The van der Waals surface area contributed by atoms with E-state index >= 15 is 0 Å². The molecular formula is C25H22ClN3O2S. The van der Waals surface area contributed by atoms with Crippen molar-refractivity contribution < 1.29 is 4.79 Å². The van der Waals surface area contributed by atoms with Crippen molar-refractivity contribution >= 4 is 45.9 Å². The van der Waals surface area contributed by atoms with Gasteiger partial charge in [0.25, 0.3) is 5.56 Å². The number of hydrogen-bond donors (Lipinski definition) is 1. The maximum atomic E-state index is 13.2. The largest absolute Gasteiger partial charge is 0.325 e. The molecule has 0 saturated heterocycles. The molecule has 1 heterocycles. The summed E-state index contributed by atoms with van der Waals surface area (Å²) < 4.78 is 1.60. The van der Waals surface area contributed by atoms with Gasteiger partial charge in [0.2, 0.25) is 5.91 Å². The first kappa shape index (κ1) is 22.1. The normalized spacial score (nSPS) is 10.9. The van der Waals surface area contributed by atoms with Crippen LogP contribution >= 0.6 is 23.4 Å². The number of nitrogens with one attached hydrogen (secondary N) is 1. The van der Waals surface area contributed by atoms with Crippen LogP contribution in [0, 0.1) is 0 Å². The molecule has 32 heavy (non-hydrogen) atoms. The number of carbonyl (C=O) groups excluding carboxylic acids is 1. The van der Waals surface area contributed by atoms with E-state index in [0.717, 1.165) is 23.2 Å². The summed E-state index contributed by atoms with van der Waals surface area (Å²) in [4.78, 5) is 30.6. The van der Waals surface area contributed by atoms with E-state index in [-0.39, 0.29) is 17.2 Å². The van der Waals surface area contributed by atoms with Crippen LogP contribution in [0.25, 0.3) is 10.9 Å². The van der Waals surface area contributed by atoms with Gasteiger partial charge in [0.05, 0.1) is 23.2 Å². The minimum atomic E-state index is -0.146. The smallest absolute Gasteiger partial charge is 0.262 e. The van der Waals surface area contributed by atoms with E-state index in [1.807, 2.05) is 67.6 Å². The van der Waals surface area contributed by atoms with E-state index in [2.05, 4.69) is 10.3 Å². The lowest BCUT2D eigenvalue weighted by Crippen LogP contribution is -2.25. The summed E-state index contributed by atoms with van der Waals surface area (Å²) in [6.45, 7) is 2.37. The third-order valence-corrected chi connectivity index (χ3v) is 6.27. The Hall–Kier alpha value is -3.09. The second-order valence-electron chi connectivity index (χ2n) is 7.28. The lowest BCUT2D eigenvalue weighted by Gasteiger charge is -2.14. The molecule has 1 amide bonds. The van der Waals surface area contributed by atoms with Crippen molar-refractivity contribution in [2.24, 2.45) is 0 Å². The Morgan fingerprint density at radius 2 is 1.84 bits per heavy atom. The highest BCUT2D eigenvalue weighted by Crippen LogP contribution is 2.21. The van der Waals surface area contributed by atoms with Crippen LogP contribution in [-0.2, 0) is 17.8 Å². The fourth-order valence-electron chi connectivity index (χ4n) is 3.48. The number of aromatic nitrogens is 2. The van der Waals surface area contributed by atoms with Crippen LogP contribution in [-0.4, -0.2) is 21.2 Å². The van der Waals surface area contributed by atoms with Crippen LogP contribution < -0.4 is 10.9 Å². The topological polar surface area (TPSA) is 64.0 Å². The average Bonchev–Trinajstić information content (AvgIpc) is 2.80. The molecule has 1 aromatic heterocycles. The van der Waals surface area contributed by atoms with Crippen LogP contribution in [0.15, 0.2) is 82.7 Å². The summed E-state index contributed by atoms with van der Waals surface area (Å²) in [6.07, 6.45) is 0.828. The predicted octanol–water partition coefficient (Wildman–Crippen LogP) is 5.39. The van der Waals surface area contributed by atoms with E-state index in [1.54, 1.807) is 16.7 Å². The maximum Gasteiger partial charge on any atom is 0.262 e. The van der Waals surface area contributed by atoms with Gasteiger partial charge in [-0.1, -0.05) is 72.8 Å². The third-order valence-electron chi connectivity index (χ3n) is 5.06. The molecule has 0 aliphatic carbocycles. The van der Waals surface area contributed by atoms with E-state index in [1.165, 1.54) is 11.8 Å². The van der Waals surface area contributed by atoms with E-state index < -0.39 is 0 Å². The van der Waals surface area contributed by atoms with Gasteiger partial charge in [-0.25, -0.2) is 4.98 Å². The van der Waals surface area contributed by atoms with Gasteiger partial charge < -0.3 is 5.32 Å². The molecule has 1 N–H and O–H groups in total. The van der Waals surface area contributed by atoms with Crippen molar-refractivity contribution in [1.29, 1.82) is 0 Å². The van der Waals surface area contributed by atoms with Gasteiger partial charge in [-0.05, 0) is 47.9 Å². The third kappa shape index (κ3) is 5.03. The van der Waals surface area contributed by atoms with Crippen molar-refractivity contribution in [3.63, 3.8) is 0 Å². The quantitative estimate of drug-likeness (QED) is 0.295. The lowest BCUT2D eigenvalue weighted by molar-refractivity contribution is -0.113. The molecule has 7 heteroatoms. The summed E-state index contributed by atoms with van der Waals surface area (Å²) >= 11 is 7.38. The first-order valence-corrected chi connectivity index (χ1v) is 11.7. The Labute approximate surface area is 195 Å². The SMILES string of the molecule is CCc1ccccc1NC(=O)CSc1nc2ccccc2c(=O)n1Cc1cccc(Cl)c1. The van der Waals surface area contributed by atoms with Gasteiger partial charge in [0.15, 0.2) is 5.16 Å². The molecule has 162 valence electrons. The first-order chi connectivity index (χ1) is 15.5. The molecule has 0 fully saturated rings. The highest BCUT2D eigenvalue weighted by atomic mass is 35.5. The summed E-state index contributed by atoms with van der Waals surface area (Å²) in [5, 5.41) is 4.61. The number of rotatable bonds is 7. The van der Waals surface area contributed by atoms with Gasteiger partial charge in [-0.3, -0.25) is 14.2 Å². The number of para-hydroxylation sites is 2. The number of hydrogen-bond acceptors (Lipinski definition) is 4. The van der Waals surface area contributed by atoms with Gasteiger partial charge in [-0.2, -0.15) is 0 Å². The van der Waals surface area contributed by atoms with Gasteiger partial charge in [0.1, 0.15) is 0 Å². The van der Waals surface area contributed by atoms with Crippen LogP contribution in [0.3, 0.4) is 0 Å². The van der Waals surface area contributed by atoms with Crippen LogP contribution in [0.1, 0.15) is 18.1 Å². The van der Waals surface area contributed by atoms with Crippen LogP contribution in [0.4, 0.5) is 5.69 Å². The standard InChI is InChI=1S/C25H22ClN3O2S/c1-2-18-9-3-5-12-21(18)27-23(30)16-32-25-28-22-13-6-4-11-20(22)24(31)29(25)15-17-8-7-10-19(26)14-17/h3-14H,2,15-16H2,1H3,(H,27,30). The number of halogens is 1. The number of nitrogens with zero attached hydrogens (tertiary/aromatic N) is 2. The molecule has 4 aromatic rings. The van der Waals surface area contributed by atoms with Gasteiger partial charge in [0, 0.05) is 10.7 Å². The number of aryl methyl sites for hydroxylation is 1. The highest BCUT2D eigenvalue weighted by molar-refractivity contribution is 7.99. The van der Waals surface area contributed by atoms with E-state index in [4.69, 9.17) is 11.6 Å². The Bertz CT molecular complexity index is 1340. The van der Waals surface area contributed by atoms with Crippen molar-refractivity contribution in [3.8, 4) is 0 Å². The van der Waals surface area contributed by atoms with Crippen LogP contribution in [0.5, 0.6) is 0 Å². The summed E-state index contributed by atoms with van der Waals surface area (Å²) in [7, 11) is 0. The molecule has 4 rings (SSSR count). The molecule has 0 bridgehead atoms. The second-order valence-corrected chi connectivity index (χ2v) is 8.66. The number of amides is 1. The molecule has 3 aromatic carbocycles. The number of carbonyl (C=O) groups is 1. The molecule has 0 unspecified atom stereocenters. The number of thioether (sulfide) groups is 1. The molecule has 0 atom stereocenters. The summed E-state index contributed by atoms with van der Waals surface area (Å²) in [6, 6.07) is 22.4. The Balaban J connectivity index is 1.62. The lowest BCUT2D eigenvalue weighted by atomic mass is 10.1. The zero-order chi connectivity index (χ0) is 22.5. The Kier molecular flexibility index (Phi) is 6.93. The zero-order valence-electron chi connectivity index (χ0n) is 17.5. The summed E-state index contributed by atoms with van der Waals surface area (Å²) in [5.41, 5.74) is 3.24. The van der Waals surface area contributed by atoms with Gasteiger partial charge >= 0.3 is 0 Å². The molecule has 0 radical (unpaired) electrons. The van der Waals surface area contributed by atoms with Crippen molar-refractivity contribution in [2.75, 3.05) is 11.1 Å². The number of benzene rings is 3. The predicted molar refractivity (Wildman–Crippen MR) is 132 cm³/mol. The fourth-order valence-corrected chi connectivity index (χ4v) is 4.49. The number of anilines is 1. The molecule has 0 spiro atoms. The van der Waals surface area contributed by atoms with E-state index in [9.17, 15) is 9.59 Å². The molecule has 0 saturated carbocycles. The van der Waals surface area contributed by atoms with Crippen molar-refractivity contribution in [3.05, 3.63) is 99.3 Å². The fraction of sp³-hybridized carbons (Fsp3) is 0.160. The first-order valence-electron chi connectivity index (χ1n) is 10.3.